The van der Waals surface area contributed by atoms with Crippen LogP contribution in [0.2, 0.25) is 0 Å². The quantitative estimate of drug-likeness (QED) is 0.403. The maximum absolute atomic E-state index is 11.3. The van der Waals surface area contributed by atoms with Crippen LogP contribution >= 0.6 is 0 Å². The van der Waals surface area contributed by atoms with Gasteiger partial charge in [0.25, 0.3) is 11.6 Å². The summed E-state index contributed by atoms with van der Waals surface area (Å²) in [5, 5.41) is 21.6. The first kappa shape index (κ1) is 13.7. The molecule has 0 heterocycles. The number of hydroxylamine groups is 2. The smallest absolute Gasteiger partial charge is 0.277 e. The Bertz CT molecular complexity index is 707. The van der Waals surface area contributed by atoms with E-state index < -0.39 is 10.8 Å². The first-order chi connectivity index (χ1) is 9.50. The molecule has 2 aromatic rings. The number of amides is 1. The Labute approximate surface area is 114 Å². The zero-order chi connectivity index (χ0) is 14.7. The molecule has 0 saturated carbocycles. The second-order valence-electron chi connectivity index (χ2n) is 4.17. The minimum Gasteiger partial charge on any atom is -0.286 e. The molecule has 102 valence electrons. The van der Waals surface area contributed by atoms with Gasteiger partial charge in [-0.2, -0.15) is 0 Å². The molecule has 2 rings (SSSR count). The standard InChI is InChI=1S/C14H12N2O4/c1-15(18)14(17)9-7-10-6-8-13(16(19)20)12-5-3-2-4-11(10)12/h2-9,18H,1H3. The van der Waals surface area contributed by atoms with E-state index >= 15 is 0 Å². The van der Waals surface area contributed by atoms with Crippen molar-refractivity contribution in [2.45, 2.75) is 0 Å². The van der Waals surface area contributed by atoms with Gasteiger partial charge in [-0.05, 0) is 29.2 Å². The van der Waals surface area contributed by atoms with Crippen LogP contribution in [-0.4, -0.2) is 28.1 Å². The highest BCUT2D eigenvalue weighted by molar-refractivity contribution is 5.99. The van der Waals surface area contributed by atoms with Crippen molar-refractivity contribution in [2.24, 2.45) is 0 Å². The van der Waals surface area contributed by atoms with Crippen molar-refractivity contribution in [2.75, 3.05) is 7.05 Å². The molecular formula is C14H12N2O4. The van der Waals surface area contributed by atoms with Crippen molar-refractivity contribution in [3.8, 4) is 0 Å². The normalized spacial score (nSPS) is 10.9. The second-order valence-corrected chi connectivity index (χ2v) is 4.17. The van der Waals surface area contributed by atoms with Crippen LogP contribution < -0.4 is 0 Å². The van der Waals surface area contributed by atoms with E-state index in [0.29, 0.717) is 21.4 Å². The van der Waals surface area contributed by atoms with Crippen molar-refractivity contribution in [3.63, 3.8) is 0 Å². The fourth-order valence-corrected chi connectivity index (χ4v) is 1.88. The van der Waals surface area contributed by atoms with E-state index in [1.165, 1.54) is 25.3 Å². The molecule has 0 aromatic heterocycles. The molecule has 0 fully saturated rings. The number of fused-ring (bicyclic) bond motifs is 1. The summed E-state index contributed by atoms with van der Waals surface area (Å²) in [5.41, 5.74) is 0.685. The molecule has 0 aliphatic rings. The van der Waals surface area contributed by atoms with Crippen molar-refractivity contribution in [1.82, 2.24) is 5.06 Å². The van der Waals surface area contributed by atoms with Gasteiger partial charge in [-0.1, -0.05) is 18.2 Å². The van der Waals surface area contributed by atoms with Gasteiger partial charge in [0.1, 0.15) is 0 Å². The number of non-ortho nitro benzene ring substituents is 1. The van der Waals surface area contributed by atoms with Crippen LogP contribution in [0.3, 0.4) is 0 Å². The van der Waals surface area contributed by atoms with Gasteiger partial charge in [0.05, 0.1) is 10.3 Å². The Morgan fingerprint density at radius 3 is 2.50 bits per heavy atom. The highest BCUT2D eigenvalue weighted by Crippen LogP contribution is 2.28. The molecule has 0 radical (unpaired) electrons. The zero-order valence-corrected chi connectivity index (χ0v) is 10.7. The number of likely N-dealkylation sites (N-methyl/N-ethyl adjacent to an activating group) is 1. The number of hydrogen-bond donors (Lipinski definition) is 1. The second kappa shape index (κ2) is 5.50. The lowest BCUT2D eigenvalue weighted by Gasteiger charge is -2.05. The Morgan fingerprint density at radius 2 is 1.90 bits per heavy atom. The van der Waals surface area contributed by atoms with E-state index in [9.17, 15) is 14.9 Å². The molecule has 0 spiro atoms. The predicted molar refractivity (Wildman–Crippen MR) is 74.2 cm³/mol. The Kier molecular flexibility index (Phi) is 3.76. The summed E-state index contributed by atoms with van der Waals surface area (Å²) in [4.78, 5) is 21.8. The zero-order valence-electron chi connectivity index (χ0n) is 10.7. The summed E-state index contributed by atoms with van der Waals surface area (Å²) in [6.45, 7) is 0. The molecule has 0 atom stereocenters. The SMILES string of the molecule is CN(O)C(=O)C=Cc1ccc([N+](=O)[O-])c2ccccc12. The highest BCUT2D eigenvalue weighted by atomic mass is 16.6. The van der Waals surface area contributed by atoms with Gasteiger partial charge >= 0.3 is 0 Å². The van der Waals surface area contributed by atoms with E-state index in [2.05, 4.69) is 0 Å². The van der Waals surface area contributed by atoms with E-state index in [0.717, 1.165) is 0 Å². The van der Waals surface area contributed by atoms with Gasteiger partial charge in [0.2, 0.25) is 0 Å². The van der Waals surface area contributed by atoms with E-state index in [1.807, 2.05) is 0 Å². The van der Waals surface area contributed by atoms with Crippen LogP contribution in [0, 0.1) is 10.1 Å². The number of nitro groups is 1. The van der Waals surface area contributed by atoms with E-state index in [-0.39, 0.29) is 5.69 Å². The molecule has 0 saturated heterocycles. The van der Waals surface area contributed by atoms with Crippen molar-refractivity contribution in [1.29, 1.82) is 0 Å². The van der Waals surface area contributed by atoms with Crippen LogP contribution in [0.25, 0.3) is 16.8 Å². The largest absolute Gasteiger partial charge is 0.286 e. The van der Waals surface area contributed by atoms with E-state index in [4.69, 9.17) is 5.21 Å². The van der Waals surface area contributed by atoms with Crippen molar-refractivity contribution < 1.29 is 14.9 Å². The minimum atomic E-state index is -0.576. The van der Waals surface area contributed by atoms with Crippen molar-refractivity contribution in [3.05, 3.63) is 58.2 Å². The van der Waals surface area contributed by atoms with Gasteiger partial charge in [0.15, 0.2) is 0 Å². The van der Waals surface area contributed by atoms with Crippen LogP contribution in [0.1, 0.15) is 5.56 Å². The number of rotatable bonds is 3. The third kappa shape index (κ3) is 2.65. The summed E-state index contributed by atoms with van der Waals surface area (Å²) < 4.78 is 0. The number of nitrogens with zero attached hydrogens (tertiary/aromatic N) is 2. The van der Waals surface area contributed by atoms with Gasteiger partial charge in [-0.25, -0.2) is 5.06 Å². The molecule has 6 nitrogen and oxygen atoms in total. The molecule has 1 N–H and O–H groups in total. The van der Waals surface area contributed by atoms with Gasteiger partial charge < -0.3 is 0 Å². The van der Waals surface area contributed by atoms with E-state index in [1.54, 1.807) is 30.3 Å². The topological polar surface area (TPSA) is 83.7 Å². The number of benzene rings is 2. The van der Waals surface area contributed by atoms with Crippen LogP contribution in [0.5, 0.6) is 0 Å². The Balaban J connectivity index is 2.54. The molecule has 1 amide bonds. The lowest BCUT2D eigenvalue weighted by molar-refractivity contribution is -0.383. The molecule has 0 aliphatic carbocycles. The molecule has 2 aromatic carbocycles. The molecule has 6 heteroatoms. The third-order valence-electron chi connectivity index (χ3n) is 2.86. The number of hydrogen-bond acceptors (Lipinski definition) is 4. The fourth-order valence-electron chi connectivity index (χ4n) is 1.88. The monoisotopic (exact) mass is 272 g/mol. The lowest BCUT2D eigenvalue weighted by atomic mass is 10.0. The number of carbonyl (C=O) groups excluding carboxylic acids is 1. The first-order valence-electron chi connectivity index (χ1n) is 5.81. The van der Waals surface area contributed by atoms with Crippen molar-refractivity contribution >= 4 is 28.4 Å². The van der Waals surface area contributed by atoms with Crippen LogP contribution in [0.4, 0.5) is 5.69 Å². The summed E-state index contributed by atoms with van der Waals surface area (Å²) in [5.74, 6) is -0.576. The predicted octanol–water partition coefficient (Wildman–Crippen LogP) is 2.61. The Hall–Kier alpha value is -2.73. The molecule has 0 aliphatic heterocycles. The van der Waals surface area contributed by atoms with Gasteiger partial charge in [-0.15, -0.1) is 0 Å². The molecule has 0 unspecified atom stereocenters. The lowest BCUT2D eigenvalue weighted by Crippen LogP contribution is -2.19. The average molecular weight is 272 g/mol. The Morgan fingerprint density at radius 1 is 1.25 bits per heavy atom. The maximum atomic E-state index is 11.3. The third-order valence-corrected chi connectivity index (χ3v) is 2.86. The van der Waals surface area contributed by atoms with Crippen LogP contribution in [-0.2, 0) is 4.79 Å². The summed E-state index contributed by atoms with van der Waals surface area (Å²) in [7, 11) is 1.22. The molecule has 20 heavy (non-hydrogen) atoms. The minimum absolute atomic E-state index is 0.0170. The summed E-state index contributed by atoms with van der Waals surface area (Å²) in [6, 6.07) is 9.86. The summed E-state index contributed by atoms with van der Waals surface area (Å²) >= 11 is 0. The number of carbonyl (C=O) groups is 1. The fraction of sp³-hybridized carbons (Fsp3) is 0.0714. The average Bonchev–Trinajstić information content (AvgIpc) is 2.43. The van der Waals surface area contributed by atoms with Gasteiger partial charge in [-0.3, -0.25) is 20.1 Å². The number of nitro benzene ring substituents is 1. The molecular weight excluding hydrogens is 260 g/mol. The maximum Gasteiger partial charge on any atom is 0.277 e. The molecule has 0 bridgehead atoms. The summed E-state index contributed by atoms with van der Waals surface area (Å²) in [6.07, 6.45) is 2.72. The highest BCUT2D eigenvalue weighted by Gasteiger charge is 2.12. The van der Waals surface area contributed by atoms with Gasteiger partial charge in [0, 0.05) is 19.2 Å². The van der Waals surface area contributed by atoms with Crippen LogP contribution in [0.15, 0.2) is 42.5 Å². The first-order valence-corrected chi connectivity index (χ1v) is 5.81.